The molecule has 0 spiro atoms. The van der Waals surface area contributed by atoms with E-state index in [1.165, 1.54) is 12.5 Å². The van der Waals surface area contributed by atoms with E-state index < -0.39 is 23.6 Å². The van der Waals surface area contributed by atoms with Gasteiger partial charge in [0.05, 0.1) is 11.5 Å². The van der Waals surface area contributed by atoms with Crippen molar-refractivity contribution < 1.29 is 24.2 Å². The van der Waals surface area contributed by atoms with Gasteiger partial charge in [-0.15, -0.1) is 0 Å². The van der Waals surface area contributed by atoms with Crippen molar-refractivity contribution in [1.29, 1.82) is 0 Å². The fourth-order valence-corrected chi connectivity index (χ4v) is 6.66. The molecule has 188 valence electrons. The van der Waals surface area contributed by atoms with Crippen molar-refractivity contribution >= 4 is 17.7 Å². The number of ketones is 1. The predicted molar refractivity (Wildman–Crippen MR) is 130 cm³/mol. The number of allylic oxidation sites excluding steroid dienone is 2. The van der Waals surface area contributed by atoms with Gasteiger partial charge in [0.2, 0.25) is 0 Å². The first-order valence-electron chi connectivity index (χ1n) is 13.5. The number of amides is 1. The average molecular weight is 472 g/mol. The Balaban J connectivity index is 1.58. The molecule has 0 aromatic rings. The number of hydrogen-bond acceptors (Lipinski definition) is 5. The molecule has 3 saturated carbocycles. The van der Waals surface area contributed by atoms with Gasteiger partial charge in [0.25, 0.3) is 5.91 Å². The number of nitrogens with one attached hydrogen (secondary N) is 1. The van der Waals surface area contributed by atoms with Crippen LogP contribution in [0.4, 0.5) is 0 Å². The molecule has 6 nitrogen and oxygen atoms in total. The van der Waals surface area contributed by atoms with E-state index in [0.29, 0.717) is 17.8 Å². The van der Waals surface area contributed by atoms with E-state index in [1.807, 2.05) is 6.08 Å². The number of carbonyl (C=O) groups is 3. The van der Waals surface area contributed by atoms with Crippen molar-refractivity contribution in [3.8, 4) is 0 Å². The minimum Gasteiger partial charge on any atom is -0.503 e. The molecule has 6 atom stereocenters. The maximum Gasteiger partial charge on any atom is 0.309 e. The average Bonchev–Trinajstić information content (AvgIpc) is 3.16. The molecule has 4 rings (SSSR count). The fraction of sp³-hybridized carbons (Fsp3) is 0.750. The standard InChI is InChI=1S/C28H41NO5/c1-17-12-14-22(18(2)16-17)29-27(32)25(31)24(23(30)15-13-19-8-4-3-5-9-19)26-20-10-6-7-11-21(20)28(33)34-26/h13,15,17-22,26,31H,3-12,14,16H2,1-2H3,(H,29,32)/b15-13+,25-24+. The number of aliphatic hydroxyl groups is 1. The molecule has 4 aliphatic rings. The molecule has 1 saturated heterocycles. The fourth-order valence-electron chi connectivity index (χ4n) is 6.66. The third-order valence-electron chi connectivity index (χ3n) is 8.69. The SMILES string of the molecule is CC1CCC(NC(=O)/C(O)=C(/C(=O)/C=C/C2CCCCC2)C2OC(=O)C3CCCCC32)C(C)C1. The van der Waals surface area contributed by atoms with Crippen LogP contribution in [0.2, 0.25) is 0 Å². The third-order valence-corrected chi connectivity index (χ3v) is 8.69. The van der Waals surface area contributed by atoms with Gasteiger partial charge in [-0.25, -0.2) is 0 Å². The topological polar surface area (TPSA) is 92.7 Å². The number of rotatable bonds is 6. The second-order valence-electron chi connectivity index (χ2n) is 11.3. The highest BCUT2D eigenvalue weighted by Crippen LogP contribution is 2.43. The van der Waals surface area contributed by atoms with Crippen molar-refractivity contribution in [3.05, 3.63) is 23.5 Å². The summed E-state index contributed by atoms with van der Waals surface area (Å²) in [5.74, 6) is -1.06. The summed E-state index contributed by atoms with van der Waals surface area (Å²) in [7, 11) is 0. The van der Waals surface area contributed by atoms with Crippen molar-refractivity contribution in [3.63, 3.8) is 0 Å². The van der Waals surface area contributed by atoms with Gasteiger partial charge in [0.1, 0.15) is 6.10 Å². The summed E-state index contributed by atoms with van der Waals surface area (Å²) in [6.07, 6.45) is 14.5. The van der Waals surface area contributed by atoms with Crippen molar-refractivity contribution in [1.82, 2.24) is 5.32 Å². The Hall–Kier alpha value is -2.11. The Morgan fingerprint density at radius 2 is 1.68 bits per heavy atom. The lowest BCUT2D eigenvalue weighted by Crippen LogP contribution is -2.44. The lowest BCUT2D eigenvalue weighted by molar-refractivity contribution is -0.143. The lowest BCUT2D eigenvalue weighted by Gasteiger charge is -2.33. The van der Waals surface area contributed by atoms with Gasteiger partial charge in [-0.05, 0) is 68.8 Å². The zero-order chi connectivity index (χ0) is 24.2. The van der Waals surface area contributed by atoms with E-state index in [4.69, 9.17) is 4.74 Å². The van der Waals surface area contributed by atoms with Gasteiger partial charge in [0.15, 0.2) is 11.5 Å². The van der Waals surface area contributed by atoms with Gasteiger partial charge in [-0.1, -0.05) is 52.0 Å². The van der Waals surface area contributed by atoms with Crippen LogP contribution in [0.25, 0.3) is 0 Å². The van der Waals surface area contributed by atoms with Crippen molar-refractivity contribution in [2.75, 3.05) is 0 Å². The lowest BCUT2D eigenvalue weighted by atomic mass is 9.75. The monoisotopic (exact) mass is 471 g/mol. The van der Waals surface area contributed by atoms with Crippen molar-refractivity contribution in [2.24, 2.45) is 29.6 Å². The van der Waals surface area contributed by atoms with Crippen LogP contribution in [-0.2, 0) is 19.1 Å². The second kappa shape index (κ2) is 11.1. The maximum absolute atomic E-state index is 13.4. The van der Waals surface area contributed by atoms with Gasteiger partial charge < -0.3 is 15.2 Å². The highest BCUT2D eigenvalue weighted by molar-refractivity contribution is 6.10. The number of hydrogen-bond donors (Lipinski definition) is 2. The number of carbonyl (C=O) groups excluding carboxylic acids is 3. The maximum atomic E-state index is 13.4. The summed E-state index contributed by atoms with van der Waals surface area (Å²) in [5.41, 5.74) is -0.0378. The van der Waals surface area contributed by atoms with Gasteiger partial charge >= 0.3 is 5.97 Å². The molecule has 4 fully saturated rings. The first kappa shape index (κ1) is 25.0. The normalized spacial score (nSPS) is 35.4. The highest BCUT2D eigenvalue weighted by Gasteiger charge is 2.49. The quantitative estimate of drug-likeness (QED) is 0.316. The molecular weight excluding hydrogens is 430 g/mol. The van der Waals surface area contributed by atoms with Crippen LogP contribution in [0.5, 0.6) is 0 Å². The predicted octanol–water partition coefficient (Wildman–Crippen LogP) is 5.18. The Morgan fingerprint density at radius 1 is 0.971 bits per heavy atom. The van der Waals surface area contributed by atoms with Crippen LogP contribution in [0.15, 0.2) is 23.5 Å². The van der Waals surface area contributed by atoms with Gasteiger partial charge in [-0.2, -0.15) is 0 Å². The molecule has 3 aliphatic carbocycles. The summed E-state index contributed by atoms with van der Waals surface area (Å²) in [6, 6.07) is -0.0338. The largest absolute Gasteiger partial charge is 0.503 e. The Labute approximate surface area is 203 Å². The Kier molecular flexibility index (Phi) is 8.15. The molecule has 6 unspecified atom stereocenters. The zero-order valence-electron chi connectivity index (χ0n) is 20.8. The minimum absolute atomic E-state index is 0.0338. The van der Waals surface area contributed by atoms with Crippen LogP contribution in [0.1, 0.15) is 90.9 Å². The number of cyclic esters (lactones) is 1. The van der Waals surface area contributed by atoms with E-state index in [0.717, 1.165) is 70.6 Å². The Morgan fingerprint density at radius 3 is 2.41 bits per heavy atom. The van der Waals surface area contributed by atoms with Crippen molar-refractivity contribution in [2.45, 2.75) is 103 Å². The van der Waals surface area contributed by atoms with Crippen LogP contribution in [0, 0.1) is 29.6 Å². The van der Waals surface area contributed by atoms with E-state index in [9.17, 15) is 19.5 Å². The second-order valence-corrected chi connectivity index (χ2v) is 11.3. The molecule has 6 heteroatoms. The number of ether oxygens (including phenoxy) is 1. The van der Waals surface area contributed by atoms with Crippen LogP contribution in [0.3, 0.4) is 0 Å². The summed E-state index contributed by atoms with van der Waals surface area (Å²) in [4.78, 5) is 39.2. The van der Waals surface area contributed by atoms with E-state index >= 15 is 0 Å². The summed E-state index contributed by atoms with van der Waals surface area (Å²) < 4.78 is 5.69. The smallest absolute Gasteiger partial charge is 0.309 e. The summed E-state index contributed by atoms with van der Waals surface area (Å²) in [6.45, 7) is 4.34. The van der Waals surface area contributed by atoms with Crippen LogP contribution < -0.4 is 5.32 Å². The molecule has 0 aromatic heterocycles. The molecule has 0 aromatic carbocycles. The van der Waals surface area contributed by atoms with Crippen LogP contribution >= 0.6 is 0 Å². The van der Waals surface area contributed by atoms with E-state index in [1.54, 1.807) is 0 Å². The molecule has 1 aliphatic heterocycles. The Bertz CT molecular complexity index is 840. The molecule has 34 heavy (non-hydrogen) atoms. The third kappa shape index (κ3) is 5.58. The molecule has 0 bridgehead atoms. The van der Waals surface area contributed by atoms with E-state index in [2.05, 4.69) is 19.2 Å². The zero-order valence-corrected chi connectivity index (χ0v) is 20.8. The van der Waals surface area contributed by atoms with E-state index in [-0.39, 0.29) is 29.4 Å². The summed E-state index contributed by atoms with van der Waals surface area (Å²) in [5, 5.41) is 14.1. The molecule has 1 amide bonds. The number of esters is 1. The van der Waals surface area contributed by atoms with Gasteiger partial charge in [-0.3, -0.25) is 14.4 Å². The van der Waals surface area contributed by atoms with Gasteiger partial charge in [0, 0.05) is 12.0 Å². The first-order chi connectivity index (χ1) is 16.3. The number of fused-ring (bicyclic) bond motifs is 1. The molecule has 2 N–H and O–H groups in total. The highest BCUT2D eigenvalue weighted by atomic mass is 16.6. The first-order valence-corrected chi connectivity index (χ1v) is 13.5. The van der Waals surface area contributed by atoms with Crippen LogP contribution in [-0.4, -0.2) is 34.9 Å². The number of aliphatic hydroxyl groups excluding tert-OH is 1. The molecular formula is C28H41NO5. The molecule has 1 heterocycles. The summed E-state index contributed by atoms with van der Waals surface area (Å²) >= 11 is 0. The molecule has 0 radical (unpaired) electrons. The minimum atomic E-state index is -0.851.